The number of carboxylic acid groups (broad SMARTS) is 1. The number of hydrogen-bond donors (Lipinski definition) is 1. The molecule has 0 aromatic heterocycles. The summed E-state index contributed by atoms with van der Waals surface area (Å²) in [5.74, 6) is -1.09. The zero-order chi connectivity index (χ0) is 16.0. The number of rotatable bonds is 7. The van der Waals surface area contributed by atoms with Crippen LogP contribution in [-0.2, 0) is 16.0 Å². The molecule has 0 unspecified atom stereocenters. The van der Waals surface area contributed by atoms with Gasteiger partial charge in [0, 0.05) is 33.3 Å². The van der Waals surface area contributed by atoms with Crippen LogP contribution in [0.25, 0.3) is 0 Å². The molecule has 0 bridgehead atoms. The largest absolute Gasteiger partial charge is 0.480 e. The highest BCUT2D eigenvalue weighted by Crippen LogP contribution is 2.14. The van der Waals surface area contributed by atoms with E-state index in [0.29, 0.717) is 19.3 Å². The van der Waals surface area contributed by atoms with Crippen LogP contribution >= 0.6 is 0 Å². The van der Waals surface area contributed by atoms with Gasteiger partial charge in [-0.05, 0) is 30.5 Å². The van der Waals surface area contributed by atoms with E-state index in [1.165, 1.54) is 4.90 Å². The maximum absolute atomic E-state index is 12.1. The van der Waals surface area contributed by atoms with Crippen molar-refractivity contribution in [1.82, 2.24) is 4.90 Å². The SMILES string of the molecule is CC[C@@H](C(=O)O)N(C)C(=O)CCc1ccc(N(C)C)cc1. The van der Waals surface area contributed by atoms with E-state index in [9.17, 15) is 9.59 Å². The number of likely N-dealkylation sites (N-methyl/N-ethyl adjacent to an activating group) is 1. The van der Waals surface area contributed by atoms with E-state index in [0.717, 1.165) is 11.3 Å². The first kappa shape index (κ1) is 17.0. The molecule has 0 fully saturated rings. The maximum atomic E-state index is 12.1. The average Bonchev–Trinajstić information content (AvgIpc) is 2.45. The van der Waals surface area contributed by atoms with Gasteiger partial charge in [0.2, 0.25) is 5.91 Å². The van der Waals surface area contributed by atoms with Crippen molar-refractivity contribution in [3.05, 3.63) is 29.8 Å². The molecule has 1 atom stereocenters. The van der Waals surface area contributed by atoms with Crippen molar-refractivity contribution < 1.29 is 14.7 Å². The van der Waals surface area contributed by atoms with Crippen molar-refractivity contribution >= 4 is 17.6 Å². The highest BCUT2D eigenvalue weighted by molar-refractivity contribution is 5.83. The molecule has 1 amide bonds. The zero-order valence-corrected chi connectivity index (χ0v) is 13.2. The Hall–Kier alpha value is -2.04. The molecule has 116 valence electrons. The molecular weight excluding hydrogens is 268 g/mol. The van der Waals surface area contributed by atoms with Gasteiger partial charge in [-0.25, -0.2) is 4.79 Å². The Balaban J connectivity index is 2.58. The molecule has 1 rings (SSSR count). The summed E-state index contributed by atoms with van der Waals surface area (Å²) < 4.78 is 0. The van der Waals surface area contributed by atoms with Gasteiger partial charge >= 0.3 is 5.97 Å². The van der Waals surface area contributed by atoms with Crippen molar-refractivity contribution in [3.8, 4) is 0 Å². The van der Waals surface area contributed by atoms with E-state index in [4.69, 9.17) is 5.11 Å². The predicted molar refractivity (Wildman–Crippen MR) is 83.6 cm³/mol. The summed E-state index contributed by atoms with van der Waals surface area (Å²) >= 11 is 0. The third kappa shape index (κ3) is 4.77. The van der Waals surface area contributed by atoms with Gasteiger partial charge in [-0.1, -0.05) is 19.1 Å². The molecule has 5 heteroatoms. The second kappa shape index (κ2) is 7.67. The molecule has 0 radical (unpaired) electrons. The number of carbonyl (C=O) groups is 2. The standard InChI is InChI=1S/C16H24N2O3/c1-5-14(16(20)21)18(4)15(19)11-8-12-6-9-13(10-7-12)17(2)3/h6-7,9-10,14H,5,8,11H2,1-4H3,(H,20,21)/t14-/m0/s1. The normalized spacial score (nSPS) is 11.8. The van der Waals surface area contributed by atoms with Gasteiger partial charge in [0.05, 0.1) is 0 Å². The summed E-state index contributed by atoms with van der Waals surface area (Å²) in [6.45, 7) is 1.77. The maximum Gasteiger partial charge on any atom is 0.326 e. The van der Waals surface area contributed by atoms with E-state index in [2.05, 4.69) is 0 Å². The number of benzene rings is 1. The van der Waals surface area contributed by atoms with Crippen LogP contribution in [0.5, 0.6) is 0 Å². The lowest BCUT2D eigenvalue weighted by Crippen LogP contribution is -2.42. The fourth-order valence-corrected chi connectivity index (χ4v) is 2.18. The van der Waals surface area contributed by atoms with Crippen LogP contribution in [0.3, 0.4) is 0 Å². The van der Waals surface area contributed by atoms with Crippen LogP contribution in [0.4, 0.5) is 5.69 Å². The molecule has 0 saturated heterocycles. The Bertz CT molecular complexity index is 483. The topological polar surface area (TPSA) is 60.9 Å². The van der Waals surface area contributed by atoms with Crippen molar-refractivity contribution in [1.29, 1.82) is 0 Å². The van der Waals surface area contributed by atoms with Gasteiger partial charge < -0.3 is 14.9 Å². The molecule has 0 saturated carbocycles. The lowest BCUT2D eigenvalue weighted by atomic mass is 10.1. The van der Waals surface area contributed by atoms with Crippen LogP contribution in [0.2, 0.25) is 0 Å². The van der Waals surface area contributed by atoms with Gasteiger partial charge in [-0.2, -0.15) is 0 Å². The Morgan fingerprint density at radius 3 is 2.14 bits per heavy atom. The van der Waals surface area contributed by atoms with E-state index in [1.807, 2.05) is 43.3 Å². The van der Waals surface area contributed by atoms with Crippen molar-refractivity contribution in [2.45, 2.75) is 32.2 Å². The minimum atomic E-state index is -0.955. The first-order valence-corrected chi connectivity index (χ1v) is 7.11. The summed E-state index contributed by atoms with van der Waals surface area (Å²) in [5, 5.41) is 9.06. The number of amides is 1. The summed E-state index contributed by atoms with van der Waals surface area (Å²) in [5.41, 5.74) is 2.19. The van der Waals surface area contributed by atoms with E-state index in [1.54, 1.807) is 14.0 Å². The lowest BCUT2D eigenvalue weighted by Gasteiger charge is -2.23. The summed E-state index contributed by atoms with van der Waals surface area (Å²) in [7, 11) is 5.51. The van der Waals surface area contributed by atoms with Crippen molar-refractivity contribution in [2.24, 2.45) is 0 Å². The van der Waals surface area contributed by atoms with Crippen molar-refractivity contribution in [3.63, 3.8) is 0 Å². The molecule has 5 nitrogen and oxygen atoms in total. The Labute approximate surface area is 126 Å². The van der Waals surface area contributed by atoms with Crippen LogP contribution in [-0.4, -0.2) is 49.1 Å². The number of carboxylic acids is 1. The van der Waals surface area contributed by atoms with Gasteiger partial charge in [0.15, 0.2) is 0 Å². The number of aryl methyl sites for hydroxylation is 1. The van der Waals surface area contributed by atoms with Crippen molar-refractivity contribution in [2.75, 3.05) is 26.0 Å². The number of hydrogen-bond acceptors (Lipinski definition) is 3. The van der Waals surface area contributed by atoms with Crippen LogP contribution in [0.15, 0.2) is 24.3 Å². The minimum Gasteiger partial charge on any atom is -0.480 e. The third-order valence-corrected chi connectivity index (χ3v) is 3.61. The Morgan fingerprint density at radius 1 is 1.14 bits per heavy atom. The van der Waals surface area contributed by atoms with Gasteiger partial charge in [-0.15, -0.1) is 0 Å². The molecule has 0 aliphatic heterocycles. The summed E-state index contributed by atoms with van der Waals surface area (Å²) in [6.07, 6.45) is 1.35. The number of aliphatic carboxylic acids is 1. The van der Waals surface area contributed by atoms with E-state index in [-0.39, 0.29) is 5.91 Å². The molecule has 21 heavy (non-hydrogen) atoms. The smallest absolute Gasteiger partial charge is 0.326 e. The van der Waals surface area contributed by atoms with E-state index < -0.39 is 12.0 Å². The first-order valence-electron chi connectivity index (χ1n) is 7.11. The highest BCUT2D eigenvalue weighted by Gasteiger charge is 2.24. The summed E-state index contributed by atoms with van der Waals surface area (Å²) in [4.78, 5) is 26.4. The molecular formula is C16H24N2O3. The quantitative estimate of drug-likeness (QED) is 0.835. The zero-order valence-electron chi connectivity index (χ0n) is 13.2. The van der Waals surface area contributed by atoms with E-state index >= 15 is 0 Å². The second-order valence-corrected chi connectivity index (χ2v) is 5.33. The molecule has 0 spiro atoms. The minimum absolute atomic E-state index is 0.138. The molecule has 0 aliphatic rings. The number of nitrogens with zero attached hydrogens (tertiary/aromatic N) is 2. The predicted octanol–water partition coefficient (Wildman–Crippen LogP) is 2.01. The Kier molecular flexibility index (Phi) is 6.21. The number of anilines is 1. The average molecular weight is 292 g/mol. The van der Waals surface area contributed by atoms with Crippen LogP contribution in [0, 0.1) is 0 Å². The van der Waals surface area contributed by atoms with Gasteiger partial charge in [0.1, 0.15) is 6.04 Å². The fraction of sp³-hybridized carbons (Fsp3) is 0.500. The molecule has 1 aromatic carbocycles. The van der Waals surface area contributed by atoms with Gasteiger partial charge in [0.25, 0.3) is 0 Å². The summed E-state index contributed by atoms with van der Waals surface area (Å²) in [6, 6.07) is 7.27. The van der Waals surface area contributed by atoms with Crippen LogP contribution in [0.1, 0.15) is 25.3 Å². The molecule has 0 aliphatic carbocycles. The van der Waals surface area contributed by atoms with Gasteiger partial charge in [-0.3, -0.25) is 4.79 Å². The molecule has 1 aromatic rings. The highest BCUT2D eigenvalue weighted by atomic mass is 16.4. The van der Waals surface area contributed by atoms with Crippen LogP contribution < -0.4 is 4.90 Å². The third-order valence-electron chi connectivity index (χ3n) is 3.61. The molecule has 0 heterocycles. The number of carbonyl (C=O) groups excluding carboxylic acids is 1. The Morgan fingerprint density at radius 2 is 1.71 bits per heavy atom. The second-order valence-electron chi connectivity index (χ2n) is 5.33. The first-order chi connectivity index (χ1) is 9.86. The monoisotopic (exact) mass is 292 g/mol. The lowest BCUT2D eigenvalue weighted by molar-refractivity contribution is -0.149. The fourth-order valence-electron chi connectivity index (χ4n) is 2.18. The molecule has 1 N–H and O–H groups in total.